The maximum absolute atomic E-state index is 12.6. The molecular weight excluding hydrogens is 346 g/mol. The highest BCUT2D eigenvalue weighted by atomic mass is 32.2. The number of amidine groups is 1. The van der Waals surface area contributed by atoms with E-state index in [1.807, 2.05) is 61.5 Å². The number of ether oxygens (including phenoxy) is 1. The second-order valence-electron chi connectivity index (χ2n) is 5.79. The Kier molecular flexibility index (Phi) is 6.07. The van der Waals surface area contributed by atoms with Gasteiger partial charge in [-0.2, -0.15) is 5.10 Å². The Balaban J connectivity index is 1.82. The zero-order valence-corrected chi connectivity index (χ0v) is 15.6. The minimum absolute atomic E-state index is 0.0904. The first-order valence-corrected chi connectivity index (χ1v) is 9.37. The van der Waals surface area contributed by atoms with Crippen molar-refractivity contribution in [2.24, 2.45) is 10.2 Å². The molecule has 0 radical (unpaired) electrons. The fourth-order valence-corrected chi connectivity index (χ4v) is 3.70. The molecule has 6 heteroatoms. The Labute approximate surface area is 157 Å². The molecule has 0 N–H and O–H groups in total. The van der Waals surface area contributed by atoms with E-state index in [0.29, 0.717) is 11.7 Å². The number of carbonyl (C=O) groups is 1. The van der Waals surface area contributed by atoms with E-state index in [9.17, 15) is 4.79 Å². The van der Waals surface area contributed by atoms with Crippen molar-refractivity contribution in [1.82, 2.24) is 4.90 Å². The standard InChI is InChI=1S/C20H21N3O2S/c1-3-18-19(24)23(14-15-9-5-4-6-10-15)20(26-18)22-21-13-16-11-7-8-12-17(16)25-2/h4-13,18H,3,14H2,1-2H3/b21-13-,22-20+/t18-/m0/s1. The number of benzene rings is 2. The Morgan fingerprint density at radius 1 is 1.15 bits per heavy atom. The van der Waals surface area contributed by atoms with Crippen LogP contribution >= 0.6 is 11.8 Å². The predicted molar refractivity (Wildman–Crippen MR) is 107 cm³/mol. The Bertz CT molecular complexity index is 821. The molecule has 5 nitrogen and oxygen atoms in total. The molecule has 1 atom stereocenters. The van der Waals surface area contributed by atoms with E-state index in [2.05, 4.69) is 10.2 Å². The first-order chi connectivity index (χ1) is 12.7. The Morgan fingerprint density at radius 2 is 1.88 bits per heavy atom. The molecule has 3 rings (SSSR count). The van der Waals surface area contributed by atoms with Crippen LogP contribution in [0.1, 0.15) is 24.5 Å². The molecule has 0 unspecified atom stereocenters. The summed E-state index contributed by atoms with van der Waals surface area (Å²) in [6.07, 6.45) is 2.42. The average molecular weight is 367 g/mol. The summed E-state index contributed by atoms with van der Waals surface area (Å²) in [5.74, 6) is 0.826. The van der Waals surface area contributed by atoms with Crippen LogP contribution in [0.15, 0.2) is 64.8 Å². The van der Waals surface area contributed by atoms with Crippen molar-refractivity contribution in [3.05, 3.63) is 65.7 Å². The van der Waals surface area contributed by atoms with Crippen molar-refractivity contribution in [3.63, 3.8) is 0 Å². The molecule has 0 bridgehead atoms. The molecule has 0 aliphatic carbocycles. The number of hydrogen-bond acceptors (Lipinski definition) is 5. The third kappa shape index (κ3) is 4.14. The highest BCUT2D eigenvalue weighted by Gasteiger charge is 2.36. The summed E-state index contributed by atoms with van der Waals surface area (Å²) in [6.45, 7) is 2.52. The molecular formula is C20H21N3O2S. The van der Waals surface area contributed by atoms with E-state index in [-0.39, 0.29) is 11.2 Å². The molecule has 1 amide bonds. The lowest BCUT2D eigenvalue weighted by Gasteiger charge is -2.15. The number of thioether (sulfide) groups is 1. The maximum atomic E-state index is 12.6. The molecule has 1 aliphatic heterocycles. The van der Waals surface area contributed by atoms with E-state index >= 15 is 0 Å². The lowest BCUT2D eigenvalue weighted by Crippen LogP contribution is -2.31. The number of hydrogen-bond donors (Lipinski definition) is 0. The summed E-state index contributed by atoms with van der Waals surface area (Å²) in [5.41, 5.74) is 1.91. The first kappa shape index (κ1) is 18.2. The van der Waals surface area contributed by atoms with Gasteiger partial charge in [0, 0.05) is 5.56 Å². The Morgan fingerprint density at radius 3 is 2.62 bits per heavy atom. The quantitative estimate of drug-likeness (QED) is 0.574. The van der Waals surface area contributed by atoms with Crippen LogP contribution in [0.4, 0.5) is 0 Å². The van der Waals surface area contributed by atoms with E-state index in [0.717, 1.165) is 23.3 Å². The summed E-state index contributed by atoms with van der Waals surface area (Å²) in [4.78, 5) is 14.4. The van der Waals surface area contributed by atoms with Crippen LogP contribution in [0.5, 0.6) is 5.75 Å². The van der Waals surface area contributed by atoms with Crippen LogP contribution in [0.2, 0.25) is 0 Å². The lowest BCUT2D eigenvalue weighted by molar-refractivity contribution is -0.126. The normalized spacial score (nSPS) is 18.8. The number of rotatable bonds is 6. The van der Waals surface area contributed by atoms with Crippen LogP contribution in [0.3, 0.4) is 0 Å². The van der Waals surface area contributed by atoms with Gasteiger partial charge in [-0.05, 0) is 24.1 Å². The van der Waals surface area contributed by atoms with Crippen LogP contribution in [-0.2, 0) is 11.3 Å². The van der Waals surface area contributed by atoms with Crippen LogP contribution in [-0.4, -0.2) is 34.5 Å². The fraction of sp³-hybridized carbons (Fsp3) is 0.250. The van der Waals surface area contributed by atoms with Gasteiger partial charge in [-0.25, -0.2) is 0 Å². The molecule has 2 aromatic carbocycles. The monoisotopic (exact) mass is 367 g/mol. The van der Waals surface area contributed by atoms with Gasteiger partial charge in [0.25, 0.3) is 0 Å². The second kappa shape index (κ2) is 8.67. The van der Waals surface area contributed by atoms with Crippen molar-refractivity contribution in [1.29, 1.82) is 0 Å². The van der Waals surface area contributed by atoms with Crippen molar-refractivity contribution in [2.75, 3.05) is 7.11 Å². The number of methoxy groups -OCH3 is 1. The van der Waals surface area contributed by atoms with Gasteiger partial charge in [0.2, 0.25) is 5.91 Å². The summed E-state index contributed by atoms with van der Waals surface area (Å²) >= 11 is 1.47. The summed E-state index contributed by atoms with van der Waals surface area (Å²) in [5, 5.41) is 9.05. The van der Waals surface area contributed by atoms with Crippen molar-refractivity contribution < 1.29 is 9.53 Å². The third-order valence-corrected chi connectivity index (χ3v) is 5.39. The lowest BCUT2D eigenvalue weighted by atomic mass is 10.2. The molecule has 26 heavy (non-hydrogen) atoms. The van der Waals surface area contributed by atoms with E-state index in [1.165, 1.54) is 11.8 Å². The first-order valence-electron chi connectivity index (χ1n) is 8.49. The minimum Gasteiger partial charge on any atom is -0.496 e. The Hall–Kier alpha value is -2.60. The molecule has 1 fully saturated rings. The van der Waals surface area contributed by atoms with Crippen molar-refractivity contribution in [2.45, 2.75) is 25.1 Å². The largest absolute Gasteiger partial charge is 0.496 e. The average Bonchev–Trinajstić information content (AvgIpc) is 2.98. The fourth-order valence-electron chi connectivity index (χ4n) is 2.67. The zero-order chi connectivity index (χ0) is 18.4. The van der Waals surface area contributed by atoms with Gasteiger partial charge >= 0.3 is 0 Å². The SMILES string of the molecule is CC[C@@H]1S/C(=N/N=C\c2ccccc2OC)N(Cc2ccccc2)C1=O. The van der Waals surface area contributed by atoms with Gasteiger partial charge in [-0.1, -0.05) is 61.2 Å². The van der Waals surface area contributed by atoms with Crippen LogP contribution < -0.4 is 4.74 Å². The molecule has 0 aromatic heterocycles. The number of para-hydroxylation sites is 1. The molecule has 0 spiro atoms. The number of nitrogens with zero attached hydrogens (tertiary/aromatic N) is 3. The van der Waals surface area contributed by atoms with Gasteiger partial charge in [-0.15, -0.1) is 5.10 Å². The smallest absolute Gasteiger partial charge is 0.242 e. The zero-order valence-electron chi connectivity index (χ0n) is 14.8. The van der Waals surface area contributed by atoms with Crippen molar-refractivity contribution in [3.8, 4) is 5.75 Å². The maximum Gasteiger partial charge on any atom is 0.242 e. The second-order valence-corrected chi connectivity index (χ2v) is 6.96. The summed E-state index contributed by atoms with van der Waals surface area (Å²) < 4.78 is 5.31. The molecule has 1 saturated heterocycles. The molecule has 1 aliphatic rings. The van der Waals surface area contributed by atoms with Crippen LogP contribution in [0, 0.1) is 0 Å². The minimum atomic E-state index is -0.0982. The molecule has 0 saturated carbocycles. The van der Waals surface area contributed by atoms with Gasteiger partial charge in [0.1, 0.15) is 5.75 Å². The highest BCUT2D eigenvalue weighted by Crippen LogP contribution is 2.30. The predicted octanol–water partition coefficient (Wildman–Crippen LogP) is 3.94. The summed E-state index contributed by atoms with van der Waals surface area (Å²) in [6, 6.07) is 17.5. The number of carbonyl (C=O) groups excluding carboxylic acids is 1. The van der Waals surface area contributed by atoms with Gasteiger partial charge in [0.05, 0.1) is 25.1 Å². The van der Waals surface area contributed by atoms with E-state index in [1.54, 1.807) is 18.2 Å². The van der Waals surface area contributed by atoms with Gasteiger partial charge < -0.3 is 4.74 Å². The number of amides is 1. The third-order valence-electron chi connectivity index (χ3n) is 4.05. The van der Waals surface area contributed by atoms with Crippen LogP contribution in [0.25, 0.3) is 0 Å². The van der Waals surface area contributed by atoms with E-state index in [4.69, 9.17) is 4.74 Å². The van der Waals surface area contributed by atoms with E-state index < -0.39 is 0 Å². The molecule has 1 heterocycles. The van der Waals surface area contributed by atoms with Crippen molar-refractivity contribution >= 4 is 29.1 Å². The molecule has 134 valence electrons. The topological polar surface area (TPSA) is 54.3 Å². The van der Waals surface area contributed by atoms with Gasteiger partial charge in [0.15, 0.2) is 5.17 Å². The van der Waals surface area contributed by atoms with Gasteiger partial charge in [-0.3, -0.25) is 9.69 Å². The molecule has 2 aromatic rings. The highest BCUT2D eigenvalue weighted by molar-refractivity contribution is 8.15. The summed E-state index contributed by atoms with van der Waals surface area (Å²) in [7, 11) is 1.62.